The molecule has 0 radical (unpaired) electrons. The number of aliphatic carboxylic acids is 1. The molecule has 1 saturated heterocycles. The van der Waals surface area contributed by atoms with Crippen LogP contribution < -0.4 is 5.32 Å². The Kier molecular flexibility index (Phi) is 4.79. The number of nitrogens with zero attached hydrogens (tertiary/aromatic N) is 1. The van der Waals surface area contributed by atoms with Crippen LogP contribution in [0.3, 0.4) is 0 Å². The van der Waals surface area contributed by atoms with E-state index in [2.05, 4.69) is 5.32 Å². The lowest BCUT2D eigenvalue weighted by atomic mass is 9.96. The minimum absolute atomic E-state index is 0.0600. The Morgan fingerprint density at radius 2 is 1.76 bits per heavy atom. The fraction of sp³-hybridized carbons (Fsp3) is 0.526. The molecule has 1 aliphatic heterocycles. The van der Waals surface area contributed by atoms with Gasteiger partial charge in [-0.15, -0.1) is 0 Å². The summed E-state index contributed by atoms with van der Waals surface area (Å²) in [4.78, 5) is 37.4. The Morgan fingerprint density at radius 1 is 1.16 bits per heavy atom. The van der Waals surface area contributed by atoms with Crippen molar-refractivity contribution in [3.05, 3.63) is 29.8 Å². The van der Waals surface area contributed by atoms with Crippen molar-refractivity contribution in [1.29, 1.82) is 0 Å². The van der Waals surface area contributed by atoms with Crippen molar-refractivity contribution in [3.63, 3.8) is 0 Å². The van der Waals surface area contributed by atoms with Gasteiger partial charge >= 0.3 is 5.97 Å². The van der Waals surface area contributed by atoms with E-state index in [4.69, 9.17) is 5.11 Å². The first-order chi connectivity index (χ1) is 11.9. The number of benzene rings is 1. The topological polar surface area (TPSA) is 86.7 Å². The number of nitrogens with one attached hydrogen (secondary N) is 1. The van der Waals surface area contributed by atoms with Crippen molar-refractivity contribution in [2.45, 2.75) is 39.0 Å². The molecule has 1 aromatic rings. The lowest BCUT2D eigenvalue weighted by Crippen LogP contribution is -2.40. The Balaban J connectivity index is 1.58. The summed E-state index contributed by atoms with van der Waals surface area (Å²) in [5.41, 5.74) is 1.07. The van der Waals surface area contributed by atoms with Gasteiger partial charge in [-0.05, 0) is 56.4 Å². The van der Waals surface area contributed by atoms with Gasteiger partial charge in [-0.2, -0.15) is 0 Å². The molecule has 25 heavy (non-hydrogen) atoms. The molecule has 1 aliphatic carbocycles. The third-order valence-electron chi connectivity index (χ3n) is 5.53. The Bertz CT molecular complexity index is 671. The first-order valence-electron chi connectivity index (χ1n) is 8.89. The maximum absolute atomic E-state index is 12.5. The van der Waals surface area contributed by atoms with E-state index in [-0.39, 0.29) is 23.1 Å². The number of hydrogen-bond acceptors (Lipinski definition) is 3. The molecule has 2 N–H and O–H groups in total. The lowest BCUT2D eigenvalue weighted by Gasteiger charge is -2.30. The molecule has 0 aromatic heterocycles. The number of carbonyl (C=O) groups is 3. The van der Waals surface area contributed by atoms with Crippen molar-refractivity contribution in [3.8, 4) is 0 Å². The molecule has 6 nitrogen and oxygen atoms in total. The molecule has 0 spiro atoms. The highest BCUT2D eigenvalue weighted by Gasteiger charge is 2.47. The highest BCUT2D eigenvalue weighted by atomic mass is 16.4. The summed E-state index contributed by atoms with van der Waals surface area (Å²) < 4.78 is 0. The number of likely N-dealkylation sites (tertiary alicyclic amines) is 1. The van der Waals surface area contributed by atoms with Gasteiger partial charge in [-0.1, -0.05) is 6.92 Å². The van der Waals surface area contributed by atoms with Gasteiger partial charge in [-0.3, -0.25) is 14.4 Å². The summed E-state index contributed by atoms with van der Waals surface area (Å²) >= 11 is 0. The molecular formula is C19H24N2O4. The van der Waals surface area contributed by atoms with E-state index < -0.39 is 5.97 Å². The largest absolute Gasteiger partial charge is 0.481 e. The Hall–Kier alpha value is -2.37. The molecule has 1 heterocycles. The summed E-state index contributed by atoms with van der Waals surface area (Å²) in [7, 11) is 0. The fourth-order valence-corrected chi connectivity index (χ4v) is 3.36. The molecule has 2 amide bonds. The second-order valence-corrected chi connectivity index (χ2v) is 7.07. The number of piperidine rings is 1. The molecule has 1 aromatic carbocycles. The van der Waals surface area contributed by atoms with Crippen molar-refractivity contribution in [2.24, 2.45) is 11.3 Å². The normalized spacial score (nSPS) is 19.3. The average Bonchev–Trinajstić information content (AvgIpc) is 3.43. The third-order valence-corrected chi connectivity index (χ3v) is 5.53. The van der Waals surface area contributed by atoms with Gasteiger partial charge in [0.1, 0.15) is 0 Å². The maximum atomic E-state index is 12.5. The van der Waals surface area contributed by atoms with Crippen LogP contribution in [0, 0.1) is 11.3 Å². The Labute approximate surface area is 147 Å². The van der Waals surface area contributed by atoms with E-state index in [9.17, 15) is 14.4 Å². The number of carboxylic acid groups (broad SMARTS) is 1. The van der Waals surface area contributed by atoms with Crippen LogP contribution in [0.25, 0.3) is 0 Å². The second kappa shape index (κ2) is 6.86. The number of hydrogen-bond donors (Lipinski definition) is 2. The van der Waals surface area contributed by atoms with Crippen LogP contribution >= 0.6 is 0 Å². The Morgan fingerprint density at radius 3 is 2.24 bits per heavy atom. The van der Waals surface area contributed by atoms with Crippen LogP contribution in [0.5, 0.6) is 0 Å². The zero-order valence-electron chi connectivity index (χ0n) is 14.5. The number of rotatable bonds is 5. The molecule has 134 valence electrons. The fourth-order valence-electron chi connectivity index (χ4n) is 3.36. The van der Waals surface area contributed by atoms with Crippen LogP contribution in [0.15, 0.2) is 24.3 Å². The summed E-state index contributed by atoms with van der Waals surface area (Å²) in [5.74, 6) is -1.17. The van der Waals surface area contributed by atoms with Crippen molar-refractivity contribution in [2.75, 3.05) is 18.4 Å². The van der Waals surface area contributed by atoms with E-state index >= 15 is 0 Å². The number of carboxylic acids is 1. The van der Waals surface area contributed by atoms with Crippen molar-refractivity contribution < 1.29 is 19.5 Å². The molecule has 0 atom stereocenters. The standard InChI is InChI=1S/C19H24N2O4/c1-2-19(9-10-19)18(25)20-15-5-3-13(4-6-15)16(22)21-11-7-14(8-12-21)17(23)24/h3-6,14H,2,7-12H2,1H3,(H,20,25)(H,23,24). The predicted molar refractivity (Wildman–Crippen MR) is 93.3 cm³/mol. The molecule has 2 fully saturated rings. The van der Waals surface area contributed by atoms with Gasteiger partial charge in [0.25, 0.3) is 5.91 Å². The SMILES string of the molecule is CCC1(C(=O)Nc2ccc(C(=O)N3CCC(C(=O)O)CC3)cc2)CC1. The first-order valence-corrected chi connectivity index (χ1v) is 8.89. The number of carbonyl (C=O) groups excluding carboxylic acids is 2. The number of amides is 2. The van der Waals surface area contributed by atoms with Crippen molar-refractivity contribution in [1.82, 2.24) is 4.90 Å². The highest BCUT2D eigenvalue weighted by Crippen LogP contribution is 2.49. The van der Waals surface area contributed by atoms with Gasteiger partial charge < -0.3 is 15.3 Å². The highest BCUT2D eigenvalue weighted by molar-refractivity contribution is 5.98. The van der Waals surface area contributed by atoms with Gasteiger partial charge in [0.15, 0.2) is 0 Å². The minimum atomic E-state index is -0.785. The molecule has 3 rings (SSSR count). The van der Waals surface area contributed by atoms with E-state index in [0.29, 0.717) is 37.2 Å². The van der Waals surface area contributed by atoms with Gasteiger partial charge in [-0.25, -0.2) is 0 Å². The quantitative estimate of drug-likeness (QED) is 0.860. The summed E-state index contributed by atoms with van der Waals surface area (Å²) in [6.07, 6.45) is 3.72. The monoisotopic (exact) mass is 344 g/mol. The maximum Gasteiger partial charge on any atom is 0.306 e. The summed E-state index contributed by atoms with van der Waals surface area (Å²) in [6.45, 7) is 2.96. The van der Waals surface area contributed by atoms with Gasteiger partial charge in [0.05, 0.1) is 5.92 Å². The van der Waals surface area contributed by atoms with Crippen LogP contribution in [0.2, 0.25) is 0 Å². The summed E-state index contributed by atoms with van der Waals surface area (Å²) in [6, 6.07) is 6.93. The van der Waals surface area contributed by atoms with Crippen LogP contribution in [0.4, 0.5) is 5.69 Å². The molecule has 2 aliphatic rings. The lowest BCUT2D eigenvalue weighted by molar-refractivity contribution is -0.143. The van der Waals surface area contributed by atoms with Gasteiger partial charge in [0, 0.05) is 29.8 Å². The number of anilines is 1. The molecular weight excluding hydrogens is 320 g/mol. The third kappa shape index (κ3) is 3.67. The van der Waals surface area contributed by atoms with E-state index in [1.165, 1.54) is 0 Å². The van der Waals surface area contributed by atoms with Crippen LogP contribution in [-0.2, 0) is 9.59 Å². The van der Waals surface area contributed by atoms with E-state index in [1.807, 2.05) is 6.92 Å². The molecule has 1 saturated carbocycles. The van der Waals surface area contributed by atoms with Crippen LogP contribution in [0.1, 0.15) is 49.4 Å². The van der Waals surface area contributed by atoms with E-state index in [0.717, 1.165) is 19.3 Å². The zero-order chi connectivity index (χ0) is 18.0. The molecule has 0 bridgehead atoms. The smallest absolute Gasteiger partial charge is 0.306 e. The van der Waals surface area contributed by atoms with E-state index in [1.54, 1.807) is 29.2 Å². The van der Waals surface area contributed by atoms with Crippen LogP contribution in [-0.4, -0.2) is 40.9 Å². The zero-order valence-corrected chi connectivity index (χ0v) is 14.5. The molecule has 6 heteroatoms. The minimum Gasteiger partial charge on any atom is -0.481 e. The second-order valence-electron chi connectivity index (χ2n) is 7.07. The first kappa shape index (κ1) is 17.5. The predicted octanol–water partition coefficient (Wildman–Crippen LogP) is 2.75. The van der Waals surface area contributed by atoms with Crippen molar-refractivity contribution >= 4 is 23.5 Å². The average molecular weight is 344 g/mol. The van der Waals surface area contributed by atoms with Gasteiger partial charge in [0.2, 0.25) is 5.91 Å². The summed E-state index contributed by atoms with van der Waals surface area (Å²) in [5, 5.41) is 12.0. The molecule has 0 unspecified atom stereocenters.